The van der Waals surface area contributed by atoms with Gasteiger partial charge in [0, 0.05) is 16.1 Å². The molecule has 0 amide bonds. The summed E-state index contributed by atoms with van der Waals surface area (Å²) in [5.74, 6) is 0.279. The Morgan fingerprint density at radius 1 is 1.33 bits per heavy atom. The number of halogens is 1. The van der Waals surface area contributed by atoms with Crippen molar-refractivity contribution in [1.82, 2.24) is 0 Å². The van der Waals surface area contributed by atoms with Gasteiger partial charge in [-0.15, -0.1) is 0 Å². The Balaban J connectivity index is 2.55. The maximum absolute atomic E-state index is 9.90. The fourth-order valence-electron chi connectivity index (χ4n) is 2.56. The molecule has 2 rings (SSSR count). The molecule has 3 heteroatoms. The smallest absolute Gasteiger partial charge is 0.121 e. The molecule has 0 aliphatic heterocycles. The van der Waals surface area contributed by atoms with Gasteiger partial charge in [0.2, 0.25) is 0 Å². The standard InChI is InChI=1S/C12H16ClNO/c1-8-9(13)4-5-10(15)11(8)12(14)6-2-3-7-12/h4-5,15H,2-3,6-7,14H2,1H3. The summed E-state index contributed by atoms with van der Waals surface area (Å²) in [4.78, 5) is 0. The molecule has 1 aliphatic rings. The molecule has 1 aromatic carbocycles. The van der Waals surface area contributed by atoms with Gasteiger partial charge in [-0.3, -0.25) is 0 Å². The largest absolute Gasteiger partial charge is 0.508 e. The predicted octanol–water partition coefficient (Wildman–Crippen LogP) is 3.08. The van der Waals surface area contributed by atoms with E-state index in [-0.39, 0.29) is 11.3 Å². The van der Waals surface area contributed by atoms with Gasteiger partial charge in [0.25, 0.3) is 0 Å². The molecule has 0 radical (unpaired) electrons. The number of hydrogen-bond donors (Lipinski definition) is 2. The summed E-state index contributed by atoms with van der Waals surface area (Å²) in [6.07, 6.45) is 4.12. The van der Waals surface area contributed by atoms with Crippen LogP contribution in [0.5, 0.6) is 5.75 Å². The molecule has 1 aromatic rings. The van der Waals surface area contributed by atoms with Crippen molar-refractivity contribution in [3.63, 3.8) is 0 Å². The second-order valence-electron chi connectivity index (χ2n) is 4.43. The zero-order valence-electron chi connectivity index (χ0n) is 8.89. The molecular weight excluding hydrogens is 210 g/mol. The van der Waals surface area contributed by atoms with Gasteiger partial charge >= 0.3 is 0 Å². The lowest BCUT2D eigenvalue weighted by Crippen LogP contribution is -2.34. The third-order valence-electron chi connectivity index (χ3n) is 3.37. The van der Waals surface area contributed by atoms with Crippen molar-refractivity contribution in [2.45, 2.75) is 38.1 Å². The molecule has 1 fully saturated rings. The molecule has 3 N–H and O–H groups in total. The molecule has 0 saturated heterocycles. The SMILES string of the molecule is Cc1c(Cl)ccc(O)c1C1(N)CCCC1. The maximum atomic E-state index is 9.90. The fraction of sp³-hybridized carbons (Fsp3) is 0.500. The Bertz CT molecular complexity index is 383. The van der Waals surface area contributed by atoms with E-state index in [0.29, 0.717) is 5.02 Å². The lowest BCUT2D eigenvalue weighted by atomic mass is 9.85. The Hall–Kier alpha value is -0.730. The van der Waals surface area contributed by atoms with Crippen molar-refractivity contribution in [3.05, 3.63) is 28.3 Å². The third kappa shape index (κ3) is 1.72. The first-order valence-electron chi connectivity index (χ1n) is 5.32. The summed E-state index contributed by atoms with van der Waals surface area (Å²) < 4.78 is 0. The van der Waals surface area contributed by atoms with Crippen molar-refractivity contribution in [2.24, 2.45) is 5.73 Å². The first-order valence-corrected chi connectivity index (χ1v) is 5.70. The summed E-state index contributed by atoms with van der Waals surface area (Å²) in [6, 6.07) is 3.35. The average molecular weight is 226 g/mol. The molecule has 0 bridgehead atoms. The molecule has 2 nitrogen and oxygen atoms in total. The van der Waals surface area contributed by atoms with Crippen LogP contribution in [0.2, 0.25) is 5.02 Å². The molecule has 82 valence electrons. The van der Waals surface area contributed by atoms with E-state index < -0.39 is 0 Å². The van der Waals surface area contributed by atoms with E-state index >= 15 is 0 Å². The van der Waals surface area contributed by atoms with Crippen molar-refractivity contribution < 1.29 is 5.11 Å². The van der Waals surface area contributed by atoms with Crippen LogP contribution in [0.25, 0.3) is 0 Å². The van der Waals surface area contributed by atoms with E-state index in [1.165, 1.54) is 0 Å². The van der Waals surface area contributed by atoms with Gasteiger partial charge in [0.1, 0.15) is 5.75 Å². The van der Waals surface area contributed by atoms with Crippen LogP contribution < -0.4 is 5.73 Å². The average Bonchev–Trinajstić information content (AvgIpc) is 2.60. The van der Waals surface area contributed by atoms with E-state index in [1.807, 2.05) is 6.92 Å². The molecule has 1 saturated carbocycles. The minimum Gasteiger partial charge on any atom is -0.508 e. The molecule has 0 unspecified atom stereocenters. The molecule has 1 aliphatic carbocycles. The summed E-state index contributed by atoms with van der Waals surface area (Å²) in [7, 11) is 0. The number of aromatic hydroxyl groups is 1. The van der Waals surface area contributed by atoms with Crippen LogP contribution in [0.1, 0.15) is 36.8 Å². The van der Waals surface area contributed by atoms with Crippen LogP contribution in [0, 0.1) is 6.92 Å². The Kier molecular flexibility index (Phi) is 2.65. The third-order valence-corrected chi connectivity index (χ3v) is 3.78. The number of rotatable bonds is 1. The molecule has 15 heavy (non-hydrogen) atoms. The fourth-order valence-corrected chi connectivity index (χ4v) is 2.71. The molecule has 0 aromatic heterocycles. The Morgan fingerprint density at radius 2 is 1.93 bits per heavy atom. The second kappa shape index (κ2) is 3.69. The van der Waals surface area contributed by atoms with Crippen LogP contribution in [-0.2, 0) is 5.54 Å². The zero-order chi connectivity index (χ0) is 11.1. The minimum absolute atomic E-state index is 0.279. The van der Waals surface area contributed by atoms with Crippen molar-refractivity contribution in [1.29, 1.82) is 0 Å². The van der Waals surface area contributed by atoms with Crippen LogP contribution in [0.3, 0.4) is 0 Å². The summed E-state index contributed by atoms with van der Waals surface area (Å²) in [5.41, 5.74) is 7.71. The monoisotopic (exact) mass is 225 g/mol. The van der Waals surface area contributed by atoms with Crippen LogP contribution in [0.15, 0.2) is 12.1 Å². The molecule has 0 atom stereocenters. The zero-order valence-corrected chi connectivity index (χ0v) is 9.64. The van der Waals surface area contributed by atoms with E-state index in [0.717, 1.165) is 36.8 Å². The highest BCUT2D eigenvalue weighted by Crippen LogP contribution is 2.43. The van der Waals surface area contributed by atoms with Gasteiger partial charge in [-0.1, -0.05) is 24.4 Å². The normalized spacial score (nSPS) is 19.4. The quantitative estimate of drug-likeness (QED) is 0.772. The highest BCUT2D eigenvalue weighted by atomic mass is 35.5. The molecular formula is C12H16ClNO. The lowest BCUT2D eigenvalue weighted by Gasteiger charge is -2.27. The minimum atomic E-state index is -0.376. The topological polar surface area (TPSA) is 46.2 Å². The Morgan fingerprint density at radius 3 is 2.53 bits per heavy atom. The highest BCUT2D eigenvalue weighted by Gasteiger charge is 2.35. The van der Waals surface area contributed by atoms with E-state index in [4.69, 9.17) is 17.3 Å². The lowest BCUT2D eigenvalue weighted by molar-refractivity contribution is 0.407. The van der Waals surface area contributed by atoms with Gasteiger partial charge < -0.3 is 10.8 Å². The van der Waals surface area contributed by atoms with Crippen molar-refractivity contribution >= 4 is 11.6 Å². The first-order chi connectivity index (χ1) is 7.04. The van der Waals surface area contributed by atoms with Gasteiger partial charge in [0.15, 0.2) is 0 Å². The number of phenolic OH excluding ortho intramolecular Hbond substituents is 1. The predicted molar refractivity (Wildman–Crippen MR) is 62.2 cm³/mol. The highest BCUT2D eigenvalue weighted by molar-refractivity contribution is 6.31. The Labute approximate surface area is 95.1 Å². The van der Waals surface area contributed by atoms with Gasteiger partial charge in [0.05, 0.1) is 0 Å². The van der Waals surface area contributed by atoms with E-state index in [1.54, 1.807) is 12.1 Å². The second-order valence-corrected chi connectivity index (χ2v) is 4.84. The van der Waals surface area contributed by atoms with E-state index in [9.17, 15) is 5.11 Å². The van der Waals surface area contributed by atoms with E-state index in [2.05, 4.69) is 0 Å². The molecule has 0 spiro atoms. The maximum Gasteiger partial charge on any atom is 0.121 e. The summed E-state index contributed by atoms with van der Waals surface area (Å²) in [6.45, 7) is 1.92. The van der Waals surface area contributed by atoms with Crippen LogP contribution in [0.4, 0.5) is 0 Å². The summed E-state index contributed by atoms with van der Waals surface area (Å²) >= 11 is 6.06. The van der Waals surface area contributed by atoms with Gasteiger partial charge in [-0.2, -0.15) is 0 Å². The number of hydrogen-bond acceptors (Lipinski definition) is 2. The number of benzene rings is 1. The van der Waals surface area contributed by atoms with Crippen LogP contribution in [-0.4, -0.2) is 5.11 Å². The van der Waals surface area contributed by atoms with Crippen LogP contribution >= 0.6 is 11.6 Å². The first kappa shape index (κ1) is 10.8. The van der Waals surface area contributed by atoms with Gasteiger partial charge in [-0.25, -0.2) is 0 Å². The van der Waals surface area contributed by atoms with Crippen molar-refractivity contribution in [3.8, 4) is 5.75 Å². The van der Waals surface area contributed by atoms with Gasteiger partial charge in [-0.05, 0) is 37.5 Å². The molecule has 0 heterocycles. The summed E-state index contributed by atoms with van der Waals surface area (Å²) in [5, 5.41) is 10.6. The number of nitrogens with two attached hydrogens (primary N) is 1. The number of phenols is 1. The van der Waals surface area contributed by atoms with Crippen molar-refractivity contribution in [2.75, 3.05) is 0 Å².